The number of amides is 1. The molecule has 4 aromatic rings. The Labute approximate surface area is 207 Å². The number of halogens is 3. The van der Waals surface area contributed by atoms with Crippen molar-refractivity contribution in [2.24, 2.45) is 7.05 Å². The zero-order valence-electron chi connectivity index (χ0n) is 19.3. The lowest BCUT2D eigenvalue weighted by Gasteiger charge is -2.14. The van der Waals surface area contributed by atoms with E-state index in [2.05, 4.69) is 20.0 Å². The number of ether oxygens (including phenoxy) is 1. The second-order valence-corrected chi connectivity index (χ2v) is 9.56. The first-order valence-corrected chi connectivity index (χ1v) is 12.2. The average molecular weight is 518 g/mol. The van der Waals surface area contributed by atoms with Crippen LogP contribution in [-0.2, 0) is 11.8 Å². The Balaban J connectivity index is 1.31. The van der Waals surface area contributed by atoms with Gasteiger partial charge in [0.05, 0.1) is 21.3 Å². The van der Waals surface area contributed by atoms with E-state index in [1.807, 2.05) is 0 Å². The van der Waals surface area contributed by atoms with Crippen LogP contribution >= 0.6 is 11.3 Å². The van der Waals surface area contributed by atoms with Gasteiger partial charge in [-0.3, -0.25) is 9.59 Å². The van der Waals surface area contributed by atoms with Gasteiger partial charge in [0.2, 0.25) is 11.9 Å². The van der Waals surface area contributed by atoms with E-state index >= 15 is 0 Å². The Kier molecular flexibility index (Phi) is 6.29. The maximum Gasteiger partial charge on any atom is 0.573 e. The molecule has 1 N–H and O–H groups in total. The van der Waals surface area contributed by atoms with Crippen LogP contribution in [0.4, 0.5) is 24.3 Å². The number of Topliss-reactive ketones (excluding diaryl/α,β-unsaturated/α-hetero) is 1. The fourth-order valence-electron chi connectivity index (χ4n) is 4.23. The molecule has 2 aromatic carbocycles. The number of carbonyl (C=O) groups is 2. The largest absolute Gasteiger partial charge is 0.573 e. The third-order valence-electron chi connectivity index (χ3n) is 6.04. The molecule has 0 unspecified atom stereocenters. The highest BCUT2D eigenvalue weighted by atomic mass is 32.1. The van der Waals surface area contributed by atoms with Crippen LogP contribution in [0.2, 0.25) is 0 Å². The molecule has 5 rings (SSSR count). The molecule has 36 heavy (non-hydrogen) atoms. The highest BCUT2D eigenvalue weighted by Crippen LogP contribution is 2.33. The van der Waals surface area contributed by atoms with E-state index in [0.717, 1.165) is 31.4 Å². The van der Waals surface area contributed by atoms with Gasteiger partial charge in [-0.25, -0.2) is 9.97 Å². The molecule has 1 aliphatic rings. The zero-order valence-corrected chi connectivity index (χ0v) is 20.1. The van der Waals surface area contributed by atoms with Crippen molar-refractivity contribution in [3.8, 4) is 5.75 Å². The maximum absolute atomic E-state index is 12.7. The number of nitrogens with zero attached hydrogens (tertiary/aromatic N) is 4. The first-order valence-electron chi connectivity index (χ1n) is 11.4. The van der Waals surface area contributed by atoms with Gasteiger partial charge in [0.1, 0.15) is 5.75 Å². The van der Waals surface area contributed by atoms with Crippen LogP contribution in [-0.4, -0.2) is 50.6 Å². The Bertz CT molecular complexity index is 1460. The number of likely N-dealkylation sites (tertiary alicyclic amines) is 1. The lowest BCUT2D eigenvalue weighted by atomic mass is 10.1. The summed E-state index contributed by atoms with van der Waals surface area (Å²) in [7, 11) is 1.80. The summed E-state index contributed by atoms with van der Waals surface area (Å²) in [6.07, 6.45) is -2.41. The number of aryl methyl sites for hydroxylation is 1. The third kappa shape index (κ3) is 5.13. The van der Waals surface area contributed by atoms with Crippen molar-refractivity contribution in [2.45, 2.75) is 32.0 Å². The SMILES string of the molecule is Cn1c(Nc2nc3ccc(OC(F)(F)F)cc3s2)nc2cc(C(=O)CCC(=O)N3CCCC3)ccc21. The summed E-state index contributed by atoms with van der Waals surface area (Å²) in [6.45, 7) is 1.53. The maximum atomic E-state index is 12.7. The van der Waals surface area contributed by atoms with Gasteiger partial charge >= 0.3 is 6.36 Å². The molecule has 1 saturated heterocycles. The number of ketones is 1. The van der Waals surface area contributed by atoms with E-state index in [9.17, 15) is 22.8 Å². The number of hydrogen-bond acceptors (Lipinski definition) is 7. The van der Waals surface area contributed by atoms with E-state index in [0.29, 0.717) is 32.4 Å². The van der Waals surface area contributed by atoms with Crippen molar-refractivity contribution in [2.75, 3.05) is 18.4 Å². The van der Waals surface area contributed by atoms with Crippen molar-refractivity contribution in [1.82, 2.24) is 19.4 Å². The Hall–Kier alpha value is -3.67. The quantitative estimate of drug-likeness (QED) is 0.330. The zero-order chi connectivity index (χ0) is 25.4. The molecule has 188 valence electrons. The smallest absolute Gasteiger partial charge is 0.406 e. The van der Waals surface area contributed by atoms with Crippen LogP contribution < -0.4 is 10.1 Å². The number of anilines is 2. The van der Waals surface area contributed by atoms with Gasteiger partial charge < -0.3 is 19.5 Å². The van der Waals surface area contributed by atoms with Crippen LogP contribution in [0.5, 0.6) is 5.75 Å². The van der Waals surface area contributed by atoms with Gasteiger partial charge in [-0.1, -0.05) is 11.3 Å². The fraction of sp³-hybridized carbons (Fsp3) is 0.333. The van der Waals surface area contributed by atoms with E-state index in [-0.39, 0.29) is 30.3 Å². The summed E-state index contributed by atoms with van der Waals surface area (Å²) in [4.78, 5) is 35.7. The third-order valence-corrected chi connectivity index (χ3v) is 6.97. The molecule has 0 bridgehead atoms. The number of fused-ring (bicyclic) bond motifs is 2. The van der Waals surface area contributed by atoms with Crippen molar-refractivity contribution in [1.29, 1.82) is 0 Å². The molecule has 3 heterocycles. The number of thiazole rings is 1. The van der Waals surface area contributed by atoms with Crippen LogP contribution in [0.15, 0.2) is 36.4 Å². The molecule has 12 heteroatoms. The molecule has 0 radical (unpaired) electrons. The molecule has 0 spiro atoms. The van der Waals surface area contributed by atoms with Gasteiger partial charge in [-0.05, 0) is 43.2 Å². The van der Waals surface area contributed by atoms with Crippen LogP contribution in [0, 0.1) is 0 Å². The van der Waals surface area contributed by atoms with Gasteiger partial charge in [-0.2, -0.15) is 0 Å². The molecule has 0 aliphatic carbocycles. The first-order chi connectivity index (χ1) is 17.2. The number of carbonyl (C=O) groups excluding carboxylic acids is 2. The molecule has 0 atom stereocenters. The number of nitrogens with one attached hydrogen (secondary N) is 1. The molecule has 8 nitrogen and oxygen atoms in total. The minimum atomic E-state index is -4.77. The van der Waals surface area contributed by atoms with Gasteiger partial charge in [0, 0.05) is 44.6 Å². The second kappa shape index (κ2) is 9.41. The first kappa shape index (κ1) is 24.0. The monoisotopic (exact) mass is 517 g/mol. The molecule has 0 saturated carbocycles. The highest BCUT2D eigenvalue weighted by molar-refractivity contribution is 7.22. The Morgan fingerprint density at radius 2 is 1.83 bits per heavy atom. The molecular formula is C24H22F3N5O3S. The summed E-state index contributed by atoms with van der Waals surface area (Å²) < 4.78 is 43.8. The molecular weight excluding hydrogens is 495 g/mol. The minimum absolute atomic E-state index is 0.0131. The molecule has 2 aromatic heterocycles. The highest BCUT2D eigenvalue weighted by Gasteiger charge is 2.31. The Morgan fingerprint density at radius 1 is 1.06 bits per heavy atom. The summed E-state index contributed by atoms with van der Waals surface area (Å²) in [5.74, 6) is 0.0451. The normalized spacial score (nSPS) is 14.1. The molecule has 1 aliphatic heterocycles. The van der Waals surface area contributed by atoms with Crippen molar-refractivity contribution < 1.29 is 27.5 Å². The van der Waals surface area contributed by atoms with Crippen LogP contribution in [0.25, 0.3) is 21.3 Å². The summed E-state index contributed by atoms with van der Waals surface area (Å²) in [5, 5.41) is 3.55. The van der Waals surface area contributed by atoms with Crippen LogP contribution in [0.3, 0.4) is 0 Å². The number of aromatic nitrogens is 3. The minimum Gasteiger partial charge on any atom is -0.406 e. The Morgan fingerprint density at radius 3 is 2.58 bits per heavy atom. The van der Waals surface area contributed by atoms with Crippen molar-refractivity contribution in [3.63, 3.8) is 0 Å². The van der Waals surface area contributed by atoms with Gasteiger partial charge in [-0.15, -0.1) is 13.2 Å². The summed E-state index contributed by atoms with van der Waals surface area (Å²) in [6, 6.07) is 9.17. The number of hydrogen-bond donors (Lipinski definition) is 1. The number of imidazole rings is 1. The number of rotatable bonds is 7. The lowest BCUT2D eigenvalue weighted by molar-refractivity contribution is -0.274. The number of alkyl halides is 3. The predicted octanol–water partition coefficient (Wildman–Crippen LogP) is 5.41. The molecule has 1 fully saturated rings. The second-order valence-electron chi connectivity index (χ2n) is 8.53. The summed E-state index contributed by atoms with van der Waals surface area (Å²) in [5.41, 5.74) is 2.38. The fourth-order valence-corrected chi connectivity index (χ4v) is 5.11. The van der Waals surface area contributed by atoms with Crippen LogP contribution in [0.1, 0.15) is 36.0 Å². The predicted molar refractivity (Wildman–Crippen MR) is 130 cm³/mol. The van der Waals surface area contributed by atoms with Gasteiger partial charge in [0.25, 0.3) is 0 Å². The van der Waals surface area contributed by atoms with E-state index in [1.54, 1.807) is 34.7 Å². The topological polar surface area (TPSA) is 89.3 Å². The van der Waals surface area contributed by atoms with E-state index < -0.39 is 6.36 Å². The molecule has 1 amide bonds. The number of benzene rings is 2. The average Bonchev–Trinajstić information content (AvgIpc) is 3.55. The standard InChI is InChI=1S/C24H22F3N5O3S/c1-31-18-7-4-14(19(33)8-9-21(34)32-10-2-3-11-32)12-17(18)28-22(31)30-23-29-16-6-5-15(13-20(16)36-23)35-24(25,26)27/h4-7,12-13H,2-3,8-11H2,1H3,(H,28,29,30). The van der Waals surface area contributed by atoms with E-state index in [4.69, 9.17) is 0 Å². The van der Waals surface area contributed by atoms with E-state index in [1.165, 1.54) is 29.5 Å². The van der Waals surface area contributed by atoms with Crippen molar-refractivity contribution >= 4 is 55.4 Å². The van der Waals surface area contributed by atoms with Crippen molar-refractivity contribution in [3.05, 3.63) is 42.0 Å². The summed E-state index contributed by atoms with van der Waals surface area (Å²) >= 11 is 1.17. The van der Waals surface area contributed by atoms with Gasteiger partial charge in [0.15, 0.2) is 10.9 Å². The lowest BCUT2D eigenvalue weighted by Crippen LogP contribution is -2.27.